The summed E-state index contributed by atoms with van der Waals surface area (Å²) >= 11 is 0. The van der Waals surface area contributed by atoms with Crippen molar-refractivity contribution >= 4 is 0 Å². The molecule has 1 aromatic carbocycles. The second-order valence-corrected chi connectivity index (χ2v) is 7.53. The number of ether oxygens (including phenoxy) is 2. The second-order valence-electron chi connectivity index (χ2n) is 7.53. The van der Waals surface area contributed by atoms with E-state index >= 15 is 0 Å². The third kappa shape index (κ3) is 8.60. The zero-order valence-corrected chi connectivity index (χ0v) is 17.2. The number of nitrogens with zero attached hydrogens (tertiary/aromatic N) is 1. The van der Waals surface area contributed by atoms with Crippen LogP contribution >= 0.6 is 0 Å². The zero-order valence-electron chi connectivity index (χ0n) is 17.2. The molecule has 0 bridgehead atoms. The first kappa shape index (κ1) is 22.2. The van der Waals surface area contributed by atoms with Crippen molar-refractivity contribution in [1.82, 2.24) is 10.2 Å². The van der Waals surface area contributed by atoms with Crippen molar-refractivity contribution in [1.29, 1.82) is 0 Å². The minimum atomic E-state index is -0.468. The molecule has 1 aliphatic rings. The SMILES string of the molecule is CCOCCCNCc1ccccc1OCC(O)CN(C)C1CCCCC1. The van der Waals surface area contributed by atoms with Gasteiger partial charge in [-0.1, -0.05) is 37.5 Å². The predicted molar refractivity (Wildman–Crippen MR) is 110 cm³/mol. The topological polar surface area (TPSA) is 54.0 Å². The first-order valence-electron chi connectivity index (χ1n) is 10.6. The summed E-state index contributed by atoms with van der Waals surface area (Å²) in [5.74, 6) is 0.856. The van der Waals surface area contributed by atoms with Crippen molar-refractivity contribution in [2.75, 3.05) is 40.0 Å². The normalized spacial score (nSPS) is 16.6. The van der Waals surface area contributed by atoms with E-state index in [4.69, 9.17) is 9.47 Å². The third-order valence-corrected chi connectivity index (χ3v) is 5.26. The van der Waals surface area contributed by atoms with E-state index in [1.165, 1.54) is 32.1 Å². The standard InChI is InChI=1S/C22H38N2O3/c1-3-26-15-9-14-23-16-19-10-7-8-13-22(19)27-18-21(25)17-24(2)20-11-5-4-6-12-20/h7-8,10,13,20-21,23,25H,3-6,9,11-12,14-18H2,1-2H3. The van der Waals surface area contributed by atoms with Crippen molar-refractivity contribution in [2.24, 2.45) is 0 Å². The summed E-state index contributed by atoms with van der Waals surface area (Å²) in [6.07, 6.45) is 7.02. The molecular weight excluding hydrogens is 340 g/mol. The van der Waals surface area contributed by atoms with E-state index < -0.39 is 6.10 Å². The minimum Gasteiger partial charge on any atom is -0.491 e. The highest BCUT2D eigenvalue weighted by Gasteiger charge is 2.20. The van der Waals surface area contributed by atoms with E-state index in [2.05, 4.69) is 23.3 Å². The molecule has 5 nitrogen and oxygen atoms in total. The molecule has 2 N–H and O–H groups in total. The molecule has 0 spiro atoms. The summed E-state index contributed by atoms with van der Waals surface area (Å²) in [5, 5.41) is 13.8. The second kappa shape index (κ2) is 13.1. The van der Waals surface area contributed by atoms with Gasteiger partial charge in [0.05, 0.1) is 0 Å². The first-order valence-corrected chi connectivity index (χ1v) is 10.6. The van der Waals surface area contributed by atoms with E-state index in [0.717, 1.165) is 44.0 Å². The van der Waals surface area contributed by atoms with Crippen LogP contribution in [0.25, 0.3) is 0 Å². The van der Waals surface area contributed by atoms with Crippen molar-refractivity contribution in [3.05, 3.63) is 29.8 Å². The van der Waals surface area contributed by atoms with Crippen molar-refractivity contribution in [3.63, 3.8) is 0 Å². The number of hydrogen-bond acceptors (Lipinski definition) is 5. The van der Waals surface area contributed by atoms with Crippen molar-refractivity contribution in [3.8, 4) is 5.75 Å². The lowest BCUT2D eigenvalue weighted by Gasteiger charge is -2.32. The lowest BCUT2D eigenvalue weighted by Crippen LogP contribution is -2.40. The Morgan fingerprint density at radius 2 is 2.00 bits per heavy atom. The summed E-state index contributed by atoms with van der Waals surface area (Å²) in [5.41, 5.74) is 1.13. The van der Waals surface area contributed by atoms with Crippen LogP contribution < -0.4 is 10.1 Å². The quantitative estimate of drug-likeness (QED) is 0.516. The van der Waals surface area contributed by atoms with Crippen LogP contribution in [0.15, 0.2) is 24.3 Å². The highest BCUT2D eigenvalue weighted by Crippen LogP contribution is 2.22. The van der Waals surface area contributed by atoms with Crippen LogP contribution in [0.2, 0.25) is 0 Å². The summed E-state index contributed by atoms with van der Waals surface area (Å²) < 4.78 is 11.3. The fourth-order valence-corrected chi connectivity index (χ4v) is 3.70. The van der Waals surface area contributed by atoms with Crippen LogP contribution in [0.4, 0.5) is 0 Å². The molecule has 0 saturated heterocycles. The van der Waals surface area contributed by atoms with Gasteiger partial charge in [-0.3, -0.25) is 0 Å². The Hall–Kier alpha value is -1.14. The highest BCUT2D eigenvalue weighted by atomic mass is 16.5. The molecule has 154 valence electrons. The Morgan fingerprint density at radius 3 is 2.78 bits per heavy atom. The largest absolute Gasteiger partial charge is 0.491 e. The van der Waals surface area contributed by atoms with Crippen LogP contribution in [0.3, 0.4) is 0 Å². The van der Waals surface area contributed by atoms with Crippen molar-refractivity contribution < 1.29 is 14.6 Å². The maximum Gasteiger partial charge on any atom is 0.123 e. The van der Waals surface area contributed by atoms with Gasteiger partial charge in [-0.15, -0.1) is 0 Å². The molecule has 0 aliphatic heterocycles. The Balaban J connectivity index is 1.71. The van der Waals surface area contributed by atoms with Gasteiger partial charge in [0.25, 0.3) is 0 Å². The zero-order chi connectivity index (χ0) is 19.3. The average Bonchev–Trinajstić information content (AvgIpc) is 2.70. The van der Waals surface area contributed by atoms with Gasteiger partial charge in [0.2, 0.25) is 0 Å². The van der Waals surface area contributed by atoms with Gasteiger partial charge >= 0.3 is 0 Å². The number of rotatable bonds is 13. The van der Waals surface area contributed by atoms with E-state index in [0.29, 0.717) is 19.2 Å². The van der Waals surface area contributed by atoms with E-state index in [9.17, 15) is 5.11 Å². The molecular formula is C22H38N2O3. The van der Waals surface area contributed by atoms with Gasteiger partial charge in [-0.05, 0) is 45.8 Å². The molecule has 1 unspecified atom stereocenters. The fourth-order valence-electron chi connectivity index (χ4n) is 3.70. The molecule has 1 saturated carbocycles. The number of aliphatic hydroxyl groups is 1. The van der Waals surface area contributed by atoms with E-state index in [1.54, 1.807) is 0 Å². The minimum absolute atomic E-state index is 0.332. The number of aliphatic hydroxyl groups excluding tert-OH is 1. The number of para-hydroxylation sites is 1. The molecule has 0 radical (unpaired) electrons. The van der Waals surface area contributed by atoms with E-state index in [-0.39, 0.29) is 0 Å². The Morgan fingerprint density at radius 1 is 1.22 bits per heavy atom. The molecule has 27 heavy (non-hydrogen) atoms. The summed E-state index contributed by atoms with van der Waals surface area (Å²) in [7, 11) is 2.12. The highest BCUT2D eigenvalue weighted by molar-refractivity contribution is 5.33. The van der Waals surface area contributed by atoms with Crippen LogP contribution in [-0.4, -0.2) is 62.1 Å². The summed E-state index contributed by atoms with van der Waals surface area (Å²) in [4.78, 5) is 2.30. The maximum absolute atomic E-state index is 10.4. The Bertz CT molecular complexity index is 506. The number of hydrogen-bond donors (Lipinski definition) is 2. The lowest BCUT2D eigenvalue weighted by molar-refractivity contribution is 0.0558. The summed E-state index contributed by atoms with van der Waals surface area (Å²) in [6.45, 7) is 6.27. The van der Waals surface area contributed by atoms with Gasteiger partial charge in [0, 0.05) is 37.9 Å². The van der Waals surface area contributed by atoms with E-state index in [1.807, 2.05) is 25.1 Å². The predicted octanol–water partition coefficient (Wildman–Crippen LogP) is 3.21. The van der Waals surface area contributed by atoms with Gasteiger partial charge in [0.15, 0.2) is 0 Å². The summed E-state index contributed by atoms with van der Waals surface area (Å²) in [6, 6.07) is 8.67. The van der Waals surface area contributed by atoms with Crippen LogP contribution in [-0.2, 0) is 11.3 Å². The number of benzene rings is 1. The monoisotopic (exact) mass is 378 g/mol. The first-order chi connectivity index (χ1) is 13.2. The third-order valence-electron chi connectivity index (χ3n) is 5.26. The van der Waals surface area contributed by atoms with Gasteiger partial charge in [-0.25, -0.2) is 0 Å². The molecule has 1 aromatic rings. The van der Waals surface area contributed by atoms with Crippen LogP contribution in [0.1, 0.15) is 51.0 Å². The van der Waals surface area contributed by atoms with Crippen LogP contribution in [0.5, 0.6) is 5.75 Å². The molecule has 1 atom stereocenters. The van der Waals surface area contributed by atoms with Gasteiger partial charge in [-0.2, -0.15) is 0 Å². The number of nitrogens with one attached hydrogen (secondary N) is 1. The molecule has 1 fully saturated rings. The maximum atomic E-state index is 10.4. The molecule has 2 rings (SSSR count). The average molecular weight is 379 g/mol. The fraction of sp³-hybridized carbons (Fsp3) is 0.727. The lowest BCUT2D eigenvalue weighted by atomic mass is 9.94. The molecule has 0 aromatic heterocycles. The smallest absolute Gasteiger partial charge is 0.123 e. The van der Waals surface area contributed by atoms with Crippen LogP contribution in [0, 0.1) is 0 Å². The van der Waals surface area contributed by atoms with Crippen molar-refractivity contribution in [2.45, 2.75) is 64.1 Å². The Labute approximate surface area is 165 Å². The molecule has 0 heterocycles. The Kier molecular flexibility index (Phi) is 10.8. The molecule has 5 heteroatoms. The molecule has 0 amide bonds. The number of likely N-dealkylation sites (N-methyl/N-ethyl adjacent to an activating group) is 1. The molecule has 1 aliphatic carbocycles. The van der Waals surface area contributed by atoms with Gasteiger partial charge < -0.3 is 24.8 Å². The van der Waals surface area contributed by atoms with Gasteiger partial charge in [0.1, 0.15) is 18.5 Å².